The van der Waals surface area contributed by atoms with Crippen molar-refractivity contribution in [3.05, 3.63) is 15.6 Å². The van der Waals surface area contributed by atoms with E-state index in [4.69, 9.17) is 5.11 Å². The Morgan fingerprint density at radius 3 is 2.58 bits per heavy atom. The summed E-state index contributed by atoms with van der Waals surface area (Å²) in [5.74, 6) is -0.912. The van der Waals surface area contributed by atoms with E-state index in [2.05, 4.69) is 17.6 Å². The Bertz CT molecular complexity index is 306. The van der Waals surface area contributed by atoms with Crippen molar-refractivity contribution in [2.75, 3.05) is 0 Å². The summed E-state index contributed by atoms with van der Waals surface area (Å²) in [6, 6.07) is 0. The maximum atomic E-state index is 10.6. The van der Waals surface area contributed by atoms with E-state index in [-0.39, 0.29) is 5.25 Å². The minimum absolute atomic E-state index is 0.00167. The number of aryl methyl sites for hydroxylation is 1. The molecule has 0 aromatic carbocycles. The quantitative estimate of drug-likeness (QED) is 0.724. The smallest absolute Gasteiger partial charge is 0.347 e. The fourth-order valence-corrected chi connectivity index (χ4v) is 1.85. The topological polar surface area (TPSA) is 50.2 Å². The lowest BCUT2D eigenvalue weighted by atomic mass is 10.4. The van der Waals surface area contributed by atoms with Crippen LogP contribution >= 0.6 is 24.0 Å². The molecule has 0 radical (unpaired) electrons. The molecule has 0 aliphatic heterocycles. The number of aromatic carboxylic acids is 1. The van der Waals surface area contributed by atoms with E-state index < -0.39 is 5.97 Å². The van der Waals surface area contributed by atoms with Crippen LogP contribution in [-0.4, -0.2) is 16.1 Å². The van der Waals surface area contributed by atoms with E-state index in [0.717, 1.165) is 5.01 Å². The molecule has 0 fully saturated rings. The Balaban J connectivity index is 3.09. The van der Waals surface area contributed by atoms with E-state index >= 15 is 0 Å². The maximum absolute atomic E-state index is 10.6. The van der Waals surface area contributed by atoms with Crippen molar-refractivity contribution < 1.29 is 9.90 Å². The summed E-state index contributed by atoms with van der Waals surface area (Å²) >= 11 is 5.36. The van der Waals surface area contributed by atoms with Crippen LogP contribution in [0.25, 0.3) is 0 Å². The van der Waals surface area contributed by atoms with E-state index in [1.807, 2.05) is 6.92 Å². The first kappa shape index (κ1) is 9.54. The Labute approximate surface area is 79.9 Å². The second kappa shape index (κ2) is 3.45. The van der Waals surface area contributed by atoms with Crippen LogP contribution in [0.3, 0.4) is 0 Å². The van der Waals surface area contributed by atoms with Gasteiger partial charge in [-0.25, -0.2) is 9.78 Å². The molecule has 1 rings (SSSR count). The van der Waals surface area contributed by atoms with Crippen LogP contribution in [0.5, 0.6) is 0 Å². The number of nitrogens with zero attached hydrogens (tertiary/aromatic N) is 1. The van der Waals surface area contributed by atoms with Crippen molar-refractivity contribution in [3.63, 3.8) is 0 Å². The molecule has 66 valence electrons. The van der Waals surface area contributed by atoms with Crippen molar-refractivity contribution in [3.8, 4) is 0 Å². The molecule has 0 spiro atoms. The number of hydrogen-bond donors (Lipinski definition) is 2. The number of carbonyl (C=O) groups is 1. The van der Waals surface area contributed by atoms with E-state index in [1.165, 1.54) is 11.3 Å². The number of rotatable bonds is 2. The minimum Gasteiger partial charge on any atom is -0.477 e. The van der Waals surface area contributed by atoms with Gasteiger partial charge in [-0.3, -0.25) is 0 Å². The third kappa shape index (κ3) is 1.78. The Morgan fingerprint density at radius 2 is 2.33 bits per heavy atom. The Hall–Kier alpha value is -0.550. The van der Waals surface area contributed by atoms with Crippen LogP contribution < -0.4 is 0 Å². The van der Waals surface area contributed by atoms with Crippen LogP contribution in [0.4, 0.5) is 0 Å². The molecule has 1 aromatic heterocycles. The average Bonchev–Trinajstić information content (AvgIpc) is 2.30. The van der Waals surface area contributed by atoms with Gasteiger partial charge in [-0.05, 0) is 13.8 Å². The van der Waals surface area contributed by atoms with Gasteiger partial charge in [0.05, 0.1) is 10.9 Å². The van der Waals surface area contributed by atoms with Gasteiger partial charge in [0, 0.05) is 0 Å². The van der Waals surface area contributed by atoms with Crippen LogP contribution in [0.1, 0.15) is 32.5 Å². The van der Waals surface area contributed by atoms with Gasteiger partial charge in [0.2, 0.25) is 0 Å². The third-order valence-electron chi connectivity index (χ3n) is 1.36. The second-order valence-corrected chi connectivity index (χ2v) is 4.25. The van der Waals surface area contributed by atoms with Crippen molar-refractivity contribution >= 4 is 29.9 Å². The minimum atomic E-state index is -0.912. The normalized spacial score (nSPS) is 12.9. The summed E-state index contributed by atoms with van der Waals surface area (Å²) in [5.41, 5.74) is 0.573. The number of aromatic nitrogens is 1. The van der Waals surface area contributed by atoms with Crippen LogP contribution in [0.2, 0.25) is 0 Å². The highest BCUT2D eigenvalue weighted by Crippen LogP contribution is 2.26. The standard InChI is InChI=1S/C7H9NO2S2/c1-3-5(7(9)10)12-6(8-3)4(2)11/h4,11H,1-2H3,(H,9,10). The fraction of sp³-hybridized carbons (Fsp3) is 0.429. The number of carboxylic acid groups (broad SMARTS) is 1. The SMILES string of the molecule is Cc1nc(C(C)S)sc1C(=O)O. The highest BCUT2D eigenvalue weighted by Gasteiger charge is 2.15. The van der Waals surface area contributed by atoms with E-state index in [1.54, 1.807) is 6.92 Å². The van der Waals surface area contributed by atoms with Crippen molar-refractivity contribution in [1.29, 1.82) is 0 Å². The molecule has 1 unspecified atom stereocenters. The van der Waals surface area contributed by atoms with Gasteiger partial charge in [0.25, 0.3) is 0 Å². The highest BCUT2D eigenvalue weighted by molar-refractivity contribution is 7.80. The van der Waals surface area contributed by atoms with E-state index in [0.29, 0.717) is 10.6 Å². The molecule has 0 amide bonds. The van der Waals surface area contributed by atoms with Crippen molar-refractivity contribution in [1.82, 2.24) is 4.98 Å². The molecule has 0 aliphatic carbocycles. The summed E-state index contributed by atoms with van der Waals surface area (Å²) in [5, 5.41) is 9.47. The number of thiazole rings is 1. The van der Waals surface area contributed by atoms with Gasteiger partial charge < -0.3 is 5.11 Å². The van der Waals surface area contributed by atoms with Crippen LogP contribution in [0, 0.1) is 6.92 Å². The molecule has 0 saturated heterocycles. The summed E-state index contributed by atoms with van der Waals surface area (Å²) in [6.45, 7) is 3.56. The molecule has 5 heteroatoms. The van der Waals surface area contributed by atoms with E-state index in [9.17, 15) is 4.79 Å². The maximum Gasteiger partial charge on any atom is 0.347 e. The third-order valence-corrected chi connectivity index (χ3v) is 3.11. The molecule has 0 saturated carbocycles. The fourth-order valence-electron chi connectivity index (χ4n) is 0.794. The molecular weight excluding hydrogens is 194 g/mol. The van der Waals surface area contributed by atoms with Gasteiger partial charge >= 0.3 is 5.97 Å². The second-order valence-electron chi connectivity index (χ2n) is 2.45. The highest BCUT2D eigenvalue weighted by atomic mass is 32.1. The monoisotopic (exact) mass is 203 g/mol. The number of thiol groups is 1. The summed E-state index contributed by atoms with van der Waals surface area (Å²) in [6.07, 6.45) is 0. The van der Waals surface area contributed by atoms with Gasteiger partial charge in [0.1, 0.15) is 9.88 Å². The van der Waals surface area contributed by atoms with Gasteiger partial charge in [-0.2, -0.15) is 12.6 Å². The molecule has 1 heterocycles. The Kier molecular flexibility index (Phi) is 2.74. The lowest BCUT2D eigenvalue weighted by molar-refractivity contribution is 0.0701. The Morgan fingerprint density at radius 1 is 1.75 bits per heavy atom. The summed E-state index contributed by atoms with van der Waals surface area (Å²) in [4.78, 5) is 15.0. The predicted octanol–water partition coefficient (Wildman–Crippen LogP) is 2.14. The molecule has 3 nitrogen and oxygen atoms in total. The van der Waals surface area contributed by atoms with Crippen LogP contribution in [-0.2, 0) is 0 Å². The lowest BCUT2D eigenvalue weighted by Gasteiger charge is -1.93. The van der Waals surface area contributed by atoms with Crippen molar-refractivity contribution in [2.45, 2.75) is 19.1 Å². The molecule has 1 atom stereocenters. The molecule has 1 aromatic rings. The first-order chi connectivity index (χ1) is 5.52. The summed E-state index contributed by atoms with van der Waals surface area (Å²) < 4.78 is 0. The largest absolute Gasteiger partial charge is 0.477 e. The molecule has 0 bridgehead atoms. The first-order valence-corrected chi connectivity index (χ1v) is 4.74. The molecular formula is C7H9NO2S2. The van der Waals surface area contributed by atoms with Crippen molar-refractivity contribution in [2.24, 2.45) is 0 Å². The van der Waals surface area contributed by atoms with Crippen LogP contribution in [0.15, 0.2) is 0 Å². The lowest BCUT2D eigenvalue weighted by Crippen LogP contribution is -1.94. The zero-order chi connectivity index (χ0) is 9.30. The number of hydrogen-bond acceptors (Lipinski definition) is 4. The van der Waals surface area contributed by atoms with Gasteiger partial charge in [0.15, 0.2) is 0 Å². The predicted molar refractivity (Wildman–Crippen MR) is 51.2 cm³/mol. The van der Waals surface area contributed by atoms with Gasteiger partial charge in [-0.1, -0.05) is 0 Å². The molecule has 1 N–H and O–H groups in total. The first-order valence-electron chi connectivity index (χ1n) is 3.41. The zero-order valence-corrected chi connectivity index (χ0v) is 8.45. The number of carboxylic acids is 1. The summed E-state index contributed by atoms with van der Waals surface area (Å²) in [7, 11) is 0. The molecule has 12 heavy (non-hydrogen) atoms. The molecule has 0 aliphatic rings. The average molecular weight is 203 g/mol. The van der Waals surface area contributed by atoms with Gasteiger partial charge in [-0.15, -0.1) is 11.3 Å². The zero-order valence-electron chi connectivity index (χ0n) is 6.74.